The lowest BCUT2D eigenvalue weighted by atomic mass is 10.3. The number of nitrogens with zero attached hydrogens (tertiary/aromatic N) is 2. The summed E-state index contributed by atoms with van der Waals surface area (Å²) in [6.07, 6.45) is 0. The Bertz CT molecular complexity index is 1020. The number of halogens is 2. The third-order valence-corrected chi connectivity index (χ3v) is 5.45. The monoisotopic (exact) mass is 381 g/mol. The van der Waals surface area contributed by atoms with E-state index in [1.807, 2.05) is 0 Å². The van der Waals surface area contributed by atoms with Crippen molar-refractivity contribution in [3.8, 4) is 0 Å². The average Bonchev–Trinajstić information content (AvgIpc) is 3.04. The predicted octanol–water partition coefficient (Wildman–Crippen LogP) is 3.39. The number of thiophene rings is 1. The molecule has 0 aliphatic heterocycles. The maximum atomic E-state index is 13.6. The SMILES string of the molecule is CC(Sc1nc2sccc2c(=O)n1C)C(=O)Nc1cc(F)ccc1F. The van der Waals surface area contributed by atoms with E-state index in [0.717, 1.165) is 30.0 Å². The maximum Gasteiger partial charge on any atom is 0.262 e. The zero-order valence-electron chi connectivity index (χ0n) is 13.2. The van der Waals surface area contributed by atoms with Crippen LogP contribution in [0.15, 0.2) is 39.6 Å². The molecule has 3 rings (SSSR count). The summed E-state index contributed by atoms with van der Waals surface area (Å²) < 4.78 is 28.2. The molecule has 1 amide bonds. The Kier molecular flexibility index (Phi) is 4.87. The van der Waals surface area contributed by atoms with Crippen LogP contribution in [-0.2, 0) is 11.8 Å². The Hall–Kier alpha value is -2.26. The van der Waals surface area contributed by atoms with Gasteiger partial charge in [0.05, 0.1) is 16.3 Å². The van der Waals surface area contributed by atoms with E-state index in [4.69, 9.17) is 0 Å². The molecule has 0 bridgehead atoms. The number of anilines is 1. The van der Waals surface area contributed by atoms with Crippen molar-refractivity contribution in [3.05, 3.63) is 51.6 Å². The maximum absolute atomic E-state index is 13.6. The second kappa shape index (κ2) is 6.93. The first-order chi connectivity index (χ1) is 11.9. The summed E-state index contributed by atoms with van der Waals surface area (Å²) in [7, 11) is 1.58. The van der Waals surface area contributed by atoms with Gasteiger partial charge in [-0.05, 0) is 30.5 Å². The summed E-state index contributed by atoms with van der Waals surface area (Å²) in [6, 6.07) is 4.53. The third-order valence-electron chi connectivity index (χ3n) is 3.50. The number of rotatable bonds is 4. The van der Waals surface area contributed by atoms with E-state index < -0.39 is 22.8 Å². The molecule has 25 heavy (non-hydrogen) atoms. The summed E-state index contributed by atoms with van der Waals surface area (Å²) in [4.78, 5) is 29.5. The smallest absolute Gasteiger partial charge is 0.262 e. The topological polar surface area (TPSA) is 64.0 Å². The van der Waals surface area contributed by atoms with Crippen LogP contribution in [0.5, 0.6) is 0 Å². The van der Waals surface area contributed by atoms with Gasteiger partial charge in [-0.2, -0.15) is 0 Å². The van der Waals surface area contributed by atoms with Crippen LogP contribution in [0.1, 0.15) is 6.92 Å². The van der Waals surface area contributed by atoms with Crippen LogP contribution in [0, 0.1) is 11.6 Å². The van der Waals surface area contributed by atoms with E-state index in [1.54, 1.807) is 25.4 Å². The summed E-state index contributed by atoms with van der Waals surface area (Å²) in [6.45, 7) is 1.60. The normalized spacial score (nSPS) is 12.3. The minimum Gasteiger partial charge on any atom is -0.323 e. The highest BCUT2D eigenvalue weighted by atomic mass is 32.2. The Balaban J connectivity index is 1.81. The molecule has 0 saturated carbocycles. The van der Waals surface area contributed by atoms with E-state index in [2.05, 4.69) is 10.3 Å². The van der Waals surface area contributed by atoms with Crippen LogP contribution in [0.3, 0.4) is 0 Å². The second-order valence-electron chi connectivity index (χ2n) is 5.27. The van der Waals surface area contributed by atoms with Crippen molar-refractivity contribution >= 4 is 44.9 Å². The van der Waals surface area contributed by atoms with Gasteiger partial charge in [-0.1, -0.05) is 11.8 Å². The summed E-state index contributed by atoms with van der Waals surface area (Å²) in [5.74, 6) is -1.89. The van der Waals surface area contributed by atoms with Crippen LogP contribution in [0.2, 0.25) is 0 Å². The van der Waals surface area contributed by atoms with Gasteiger partial charge < -0.3 is 5.32 Å². The summed E-state index contributed by atoms with van der Waals surface area (Å²) >= 11 is 2.41. The molecular formula is C16H13F2N3O2S2. The van der Waals surface area contributed by atoms with Gasteiger partial charge in [0.2, 0.25) is 5.91 Å². The molecule has 0 spiro atoms. The van der Waals surface area contributed by atoms with Crippen molar-refractivity contribution in [3.63, 3.8) is 0 Å². The molecule has 0 aliphatic rings. The first kappa shape index (κ1) is 17.6. The molecule has 0 radical (unpaired) electrons. The first-order valence-corrected chi connectivity index (χ1v) is 8.99. The third kappa shape index (κ3) is 3.57. The number of benzene rings is 1. The van der Waals surface area contributed by atoms with Crippen molar-refractivity contribution in [2.75, 3.05) is 5.32 Å². The average molecular weight is 381 g/mol. The lowest BCUT2D eigenvalue weighted by molar-refractivity contribution is -0.115. The lowest BCUT2D eigenvalue weighted by Crippen LogP contribution is -2.25. The van der Waals surface area contributed by atoms with Crippen LogP contribution in [0.4, 0.5) is 14.5 Å². The van der Waals surface area contributed by atoms with Crippen LogP contribution >= 0.6 is 23.1 Å². The number of thioether (sulfide) groups is 1. The zero-order valence-corrected chi connectivity index (χ0v) is 14.9. The molecule has 2 heterocycles. The highest BCUT2D eigenvalue weighted by Gasteiger charge is 2.20. The highest BCUT2D eigenvalue weighted by Crippen LogP contribution is 2.25. The Morgan fingerprint density at radius 3 is 2.88 bits per heavy atom. The molecule has 1 atom stereocenters. The van der Waals surface area contributed by atoms with Crippen LogP contribution in [-0.4, -0.2) is 20.7 Å². The summed E-state index contributed by atoms with van der Waals surface area (Å²) in [5.41, 5.74) is -0.425. The van der Waals surface area contributed by atoms with E-state index in [-0.39, 0.29) is 11.2 Å². The van der Waals surface area contributed by atoms with E-state index >= 15 is 0 Å². The van der Waals surface area contributed by atoms with Gasteiger partial charge in [0, 0.05) is 13.1 Å². The van der Waals surface area contributed by atoms with Crippen molar-refractivity contribution in [1.82, 2.24) is 9.55 Å². The standard InChI is InChI=1S/C16H13F2N3O2S2/c1-8(13(22)19-12-7-9(17)3-4-11(12)18)25-16-20-14-10(5-6-24-14)15(23)21(16)2/h3-8H,1-2H3,(H,19,22). The van der Waals surface area contributed by atoms with E-state index in [1.165, 1.54) is 15.9 Å². The van der Waals surface area contributed by atoms with Crippen molar-refractivity contribution in [2.24, 2.45) is 7.05 Å². The molecule has 9 heteroatoms. The number of amides is 1. The molecule has 130 valence electrons. The molecule has 1 N–H and O–H groups in total. The number of aromatic nitrogens is 2. The molecule has 0 saturated heterocycles. The minimum absolute atomic E-state index is 0.197. The molecule has 0 aliphatic carbocycles. The van der Waals surface area contributed by atoms with Crippen molar-refractivity contribution < 1.29 is 13.6 Å². The fraction of sp³-hybridized carbons (Fsp3) is 0.188. The highest BCUT2D eigenvalue weighted by molar-refractivity contribution is 8.00. The molecule has 5 nitrogen and oxygen atoms in total. The number of hydrogen-bond acceptors (Lipinski definition) is 5. The van der Waals surface area contributed by atoms with Gasteiger partial charge in [-0.15, -0.1) is 11.3 Å². The number of fused-ring (bicyclic) bond motifs is 1. The van der Waals surface area contributed by atoms with Gasteiger partial charge in [0.15, 0.2) is 5.16 Å². The number of carbonyl (C=O) groups is 1. The largest absolute Gasteiger partial charge is 0.323 e. The molecule has 3 aromatic rings. The van der Waals surface area contributed by atoms with Gasteiger partial charge in [-0.3, -0.25) is 14.2 Å². The first-order valence-electron chi connectivity index (χ1n) is 7.23. The number of carbonyl (C=O) groups excluding carboxylic acids is 1. The fourth-order valence-corrected chi connectivity index (χ4v) is 3.80. The Labute approximate surface area is 149 Å². The van der Waals surface area contributed by atoms with Crippen molar-refractivity contribution in [2.45, 2.75) is 17.3 Å². The molecule has 1 aromatic carbocycles. The van der Waals surface area contributed by atoms with Gasteiger partial charge in [0.1, 0.15) is 16.5 Å². The molecular weight excluding hydrogens is 368 g/mol. The molecule has 1 unspecified atom stereocenters. The molecule has 0 fully saturated rings. The minimum atomic E-state index is -0.725. The zero-order chi connectivity index (χ0) is 18.1. The number of hydrogen-bond donors (Lipinski definition) is 1. The van der Waals surface area contributed by atoms with Crippen LogP contribution in [0.25, 0.3) is 10.2 Å². The fourth-order valence-electron chi connectivity index (χ4n) is 2.12. The predicted molar refractivity (Wildman–Crippen MR) is 95.2 cm³/mol. The lowest BCUT2D eigenvalue weighted by Gasteiger charge is -2.14. The Morgan fingerprint density at radius 2 is 2.12 bits per heavy atom. The van der Waals surface area contributed by atoms with Gasteiger partial charge in [0.25, 0.3) is 5.56 Å². The second-order valence-corrected chi connectivity index (χ2v) is 7.47. The van der Waals surface area contributed by atoms with Crippen LogP contribution < -0.4 is 10.9 Å². The summed E-state index contributed by atoms with van der Waals surface area (Å²) in [5, 5.41) is 4.36. The molecule has 2 aromatic heterocycles. The quantitative estimate of drug-likeness (QED) is 0.556. The van der Waals surface area contributed by atoms with E-state index in [0.29, 0.717) is 15.4 Å². The Morgan fingerprint density at radius 1 is 1.36 bits per heavy atom. The van der Waals surface area contributed by atoms with Gasteiger partial charge >= 0.3 is 0 Å². The van der Waals surface area contributed by atoms with Crippen molar-refractivity contribution in [1.29, 1.82) is 0 Å². The van der Waals surface area contributed by atoms with E-state index in [9.17, 15) is 18.4 Å². The number of nitrogens with one attached hydrogen (secondary N) is 1. The van der Waals surface area contributed by atoms with Gasteiger partial charge in [-0.25, -0.2) is 13.8 Å².